The molecule has 0 spiro atoms. The minimum absolute atomic E-state index is 0.132. The summed E-state index contributed by atoms with van der Waals surface area (Å²) in [4.78, 5) is 24.8. The maximum Gasteiger partial charge on any atom is 0.436 e. The lowest BCUT2D eigenvalue weighted by molar-refractivity contribution is -0.219. The van der Waals surface area contributed by atoms with Crippen LogP contribution in [0.1, 0.15) is 22.8 Å². The first-order chi connectivity index (χ1) is 13.2. The van der Waals surface area contributed by atoms with Crippen LogP contribution in [0.25, 0.3) is 0 Å². The third-order valence-electron chi connectivity index (χ3n) is 3.80. The van der Waals surface area contributed by atoms with E-state index < -0.39 is 23.7 Å². The highest BCUT2D eigenvalue weighted by molar-refractivity contribution is 6.31. The van der Waals surface area contributed by atoms with Crippen molar-refractivity contribution >= 4 is 23.5 Å². The number of halogens is 4. The fraction of sp³-hybridized carbons (Fsp3) is 0.263. The molecule has 0 bridgehead atoms. The molecule has 0 saturated heterocycles. The van der Waals surface area contributed by atoms with Crippen LogP contribution in [0, 0.1) is 0 Å². The molecule has 0 heterocycles. The number of alkyl halides is 3. The second-order valence-corrected chi connectivity index (χ2v) is 6.21. The number of nitrogens with one attached hydrogen (secondary N) is 2. The van der Waals surface area contributed by atoms with Crippen molar-refractivity contribution in [3.63, 3.8) is 0 Å². The molecule has 5 nitrogen and oxygen atoms in total. The molecule has 1 amide bonds. The van der Waals surface area contributed by atoms with Crippen LogP contribution in [0.2, 0.25) is 5.02 Å². The van der Waals surface area contributed by atoms with Crippen molar-refractivity contribution in [2.75, 3.05) is 6.61 Å². The van der Waals surface area contributed by atoms with Gasteiger partial charge in [0.25, 0.3) is 11.6 Å². The van der Waals surface area contributed by atoms with E-state index in [2.05, 4.69) is 10.1 Å². The molecule has 1 atom stereocenters. The van der Waals surface area contributed by atoms with Crippen LogP contribution in [0.5, 0.6) is 0 Å². The second kappa shape index (κ2) is 9.07. The molecule has 0 aliphatic heterocycles. The predicted octanol–water partition coefficient (Wildman–Crippen LogP) is 3.68. The summed E-state index contributed by atoms with van der Waals surface area (Å²) in [5.74, 6) is -2.79. The Bertz CT molecular complexity index is 831. The summed E-state index contributed by atoms with van der Waals surface area (Å²) in [5.41, 5.74) is -3.08. The molecular weight excluding hydrogens is 397 g/mol. The van der Waals surface area contributed by atoms with E-state index in [0.29, 0.717) is 5.56 Å². The van der Waals surface area contributed by atoms with E-state index in [9.17, 15) is 22.8 Å². The third-order valence-corrected chi connectivity index (χ3v) is 4.03. The molecule has 0 aromatic heterocycles. The van der Waals surface area contributed by atoms with Gasteiger partial charge in [-0.1, -0.05) is 48.0 Å². The molecular formula is C19H18ClF3N2O3. The highest BCUT2D eigenvalue weighted by atomic mass is 35.5. The van der Waals surface area contributed by atoms with E-state index in [0.717, 1.165) is 0 Å². The van der Waals surface area contributed by atoms with Crippen LogP contribution in [0.15, 0.2) is 54.6 Å². The van der Waals surface area contributed by atoms with Gasteiger partial charge in [0.15, 0.2) is 0 Å². The highest BCUT2D eigenvalue weighted by Crippen LogP contribution is 2.31. The standard InChI is InChI=1S/C19H18ClF3N2O3/c1-2-28-17(27)18(19(21,22)23,24-12-13-7-4-3-5-8-13)25-16(26)14-9-6-10-15(20)11-14/h3-11,24H,2,12H2,1H3,(H,25,26)/t18-/m1/s1. The molecule has 0 aliphatic carbocycles. The average Bonchev–Trinajstić information content (AvgIpc) is 2.65. The Balaban J connectivity index is 2.40. The van der Waals surface area contributed by atoms with Crippen LogP contribution >= 0.6 is 11.6 Å². The molecule has 2 aromatic carbocycles. The summed E-state index contributed by atoms with van der Waals surface area (Å²) in [5, 5.41) is 4.05. The fourth-order valence-electron chi connectivity index (χ4n) is 2.40. The van der Waals surface area contributed by atoms with Gasteiger partial charge in [-0.25, -0.2) is 4.79 Å². The Labute approximate surface area is 164 Å². The van der Waals surface area contributed by atoms with Gasteiger partial charge in [0.05, 0.1) is 6.61 Å². The lowest BCUT2D eigenvalue weighted by Gasteiger charge is -2.34. The van der Waals surface area contributed by atoms with Gasteiger partial charge in [0, 0.05) is 17.1 Å². The van der Waals surface area contributed by atoms with E-state index in [4.69, 9.17) is 11.6 Å². The second-order valence-electron chi connectivity index (χ2n) is 5.77. The number of hydrogen-bond acceptors (Lipinski definition) is 4. The van der Waals surface area contributed by atoms with Crippen molar-refractivity contribution in [3.8, 4) is 0 Å². The van der Waals surface area contributed by atoms with Gasteiger partial charge >= 0.3 is 12.1 Å². The van der Waals surface area contributed by atoms with E-state index in [-0.39, 0.29) is 23.7 Å². The smallest absolute Gasteiger partial charge is 0.436 e. The minimum atomic E-state index is -5.18. The van der Waals surface area contributed by atoms with Crippen LogP contribution in [-0.2, 0) is 16.1 Å². The van der Waals surface area contributed by atoms with E-state index >= 15 is 0 Å². The lowest BCUT2D eigenvalue weighted by atomic mass is 10.1. The van der Waals surface area contributed by atoms with Gasteiger partial charge in [-0.05, 0) is 30.7 Å². The first-order valence-electron chi connectivity index (χ1n) is 8.30. The summed E-state index contributed by atoms with van der Waals surface area (Å²) in [6.07, 6.45) is -5.18. The number of carbonyl (C=O) groups excluding carboxylic acids is 2. The van der Waals surface area contributed by atoms with Crippen molar-refractivity contribution < 1.29 is 27.5 Å². The SMILES string of the molecule is CCOC(=O)[C@@](NCc1ccccc1)(NC(=O)c1cccc(Cl)c1)C(F)(F)F. The summed E-state index contributed by atoms with van der Waals surface area (Å²) in [6, 6.07) is 13.5. The number of amides is 1. The van der Waals surface area contributed by atoms with Gasteiger partial charge < -0.3 is 10.1 Å². The zero-order valence-corrected chi connectivity index (χ0v) is 15.6. The maximum absolute atomic E-state index is 14.0. The molecule has 0 fully saturated rings. The van der Waals surface area contributed by atoms with E-state index in [1.807, 2.05) is 0 Å². The van der Waals surface area contributed by atoms with Crippen molar-refractivity contribution in [3.05, 3.63) is 70.7 Å². The predicted molar refractivity (Wildman–Crippen MR) is 97.6 cm³/mol. The van der Waals surface area contributed by atoms with Gasteiger partial charge in [0.2, 0.25) is 0 Å². The Morgan fingerprint density at radius 3 is 2.32 bits per heavy atom. The quantitative estimate of drug-likeness (QED) is 0.535. The monoisotopic (exact) mass is 414 g/mol. The molecule has 0 saturated carbocycles. The Hall–Kier alpha value is -2.58. The molecule has 2 aromatic rings. The van der Waals surface area contributed by atoms with Gasteiger partial charge in [0.1, 0.15) is 0 Å². The average molecular weight is 415 g/mol. The summed E-state index contributed by atoms with van der Waals surface area (Å²) in [6.45, 7) is 0.737. The largest absolute Gasteiger partial charge is 0.463 e. The van der Waals surface area contributed by atoms with Gasteiger partial charge in [-0.3, -0.25) is 10.1 Å². The highest BCUT2D eigenvalue weighted by Gasteiger charge is 2.63. The third kappa shape index (κ3) is 5.02. The zero-order valence-electron chi connectivity index (χ0n) is 14.8. The molecule has 9 heteroatoms. The summed E-state index contributed by atoms with van der Waals surface area (Å²) in [7, 11) is 0. The van der Waals surface area contributed by atoms with Crippen molar-refractivity contribution in [1.82, 2.24) is 10.6 Å². The normalized spacial score (nSPS) is 13.5. The van der Waals surface area contributed by atoms with Gasteiger partial charge in [-0.2, -0.15) is 13.2 Å². The molecule has 0 unspecified atom stereocenters. The van der Waals surface area contributed by atoms with Crippen molar-refractivity contribution in [2.24, 2.45) is 0 Å². The fourth-order valence-corrected chi connectivity index (χ4v) is 2.59. The summed E-state index contributed by atoms with van der Waals surface area (Å²) < 4.78 is 46.6. The van der Waals surface area contributed by atoms with E-state index in [1.54, 1.807) is 35.6 Å². The zero-order chi connectivity index (χ0) is 20.8. The molecule has 2 rings (SSSR count). The first-order valence-corrected chi connectivity index (χ1v) is 8.68. The number of carbonyl (C=O) groups is 2. The van der Waals surface area contributed by atoms with Crippen molar-refractivity contribution in [2.45, 2.75) is 25.3 Å². The number of esters is 1. The molecule has 0 aliphatic rings. The Kier molecular flexibility index (Phi) is 7.04. The summed E-state index contributed by atoms with van der Waals surface area (Å²) >= 11 is 5.79. The lowest BCUT2D eigenvalue weighted by Crippen LogP contribution is -2.72. The van der Waals surface area contributed by atoms with Crippen molar-refractivity contribution in [1.29, 1.82) is 0 Å². The topological polar surface area (TPSA) is 67.4 Å². The molecule has 28 heavy (non-hydrogen) atoms. The van der Waals surface area contributed by atoms with Crippen LogP contribution < -0.4 is 10.6 Å². The van der Waals surface area contributed by atoms with E-state index in [1.165, 1.54) is 31.2 Å². The maximum atomic E-state index is 14.0. The molecule has 150 valence electrons. The number of ether oxygens (including phenoxy) is 1. The van der Waals surface area contributed by atoms with Crippen LogP contribution in [0.3, 0.4) is 0 Å². The minimum Gasteiger partial charge on any atom is -0.463 e. The Morgan fingerprint density at radius 2 is 1.75 bits per heavy atom. The molecule has 0 radical (unpaired) electrons. The number of hydrogen-bond donors (Lipinski definition) is 2. The number of benzene rings is 2. The van der Waals surface area contributed by atoms with Crippen LogP contribution in [0.4, 0.5) is 13.2 Å². The number of rotatable bonds is 7. The molecule has 2 N–H and O–H groups in total. The Morgan fingerprint density at radius 1 is 1.07 bits per heavy atom. The van der Waals surface area contributed by atoms with Crippen LogP contribution in [-0.4, -0.2) is 30.3 Å². The van der Waals surface area contributed by atoms with Gasteiger partial charge in [-0.15, -0.1) is 0 Å². The first kappa shape index (κ1) is 21.7.